The van der Waals surface area contributed by atoms with Crippen LogP contribution < -0.4 is 0 Å². The molecule has 2 nitrogen and oxygen atoms in total. The van der Waals surface area contributed by atoms with Crippen molar-refractivity contribution in [3.8, 4) is 0 Å². The third-order valence-electron chi connectivity index (χ3n) is 1.49. The van der Waals surface area contributed by atoms with Crippen molar-refractivity contribution in [2.24, 2.45) is 0 Å². The minimum absolute atomic E-state index is 0.0185. The molecule has 0 spiro atoms. The summed E-state index contributed by atoms with van der Waals surface area (Å²) in [5, 5.41) is 18.0. The fourth-order valence-corrected chi connectivity index (χ4v) is 1.05. The van der Waals surface area contributed by atoms with E-state index in [0.717, 1.165) is 6.07 Å². The van der Waals surface area contributed by atoms with Gasteiger partial charge >= 0.3 is 0 Å². The summed E-state index contributed by atoms with van der Waals surface area (Å²) in [6, 6.07) is 3.82. The van der Waals surface area contributed by atoms with Gasteiger partial charge in [-0.25, -0.2) is 4.39 Å². The fraction of sp³-hybridized carbons (Fsp3) is 0.250. The predicted molar refractivity (Wildman–Crippen MR) is 43.5 cm³/mol. The molecule has 2 N–H and O–H groups in total. The van der Waals surface area contributed by atoms with Gasteiger partial charge in [-0.1, -0.05) is 11.6 Å². The van der Waals surface area contributed by atoms with Gasteiger partial charge in [-0.05, 0) is 18.2 Å². The van der Waals surface area contributed by atoms with Crippen LogP contribution in [0.5, 0.6) is 0 Å². The lowest BCUT2D eigenvalue weighted by atomic mass is 10.1. The third kappa shape index (κ3) is 1.94. The van der Waals surface area contributed by atoms with E-state index in [0.29, 0.717) is 5.02 Å². The highest BCUT2D eigenvalue weighted by Crippen LogP contribution is 2.20. The first-order chi connectivity index (χ1) is 5.65. The van der Waals surface area contributed by atoms with Crippen LogP contribution in [0.25, 0.3) is 0 Å². The molecule has 0 radical (unpaired) electrons. The van der Waals surface area contributed by atoms with Gasteiger partial charge in [0.25, 0.3) is 0 Å². The van der Waals surface area contributed by atoms with Gasteiger partial charge in [-0.3, -0.25) is 0 Å². The van der Waals surface area contributed by atoms with Gasteiger partial charge in [-0.2, -0.15) is 0 Å². The first-order valence-corrected chi connectivity index (χ1v) is 3.77. The highest BCUT2D eigenvalue weighted by Gasteiger charge is 2.11. The van der Waals surface area contributed by atoms with Crippen LogP contribution in [0.4, 0.5) is 4.39 Å². The molecule has 1 unspecified atom stereocenters. The Bertz CT molecular complexity index is 278. The van der Waals surface area contributed by atoms with Crippen LogP contribution in [-0.4, -0.2) is 16.8 Å². The van der Waals surface area contributed by atoms with Gasteiger partial charge in [0.15, 0.2) is 0 Å². The average Bonchev–Trinajstić information content (AvgIpc) is 2.08. The molecule has 12 heavy (non-hydrogen) atoms. The molecule has 0 fully saturated rings. The molecule has 1 aromatic carbocycles. The molecule has 0 bridgehead atoms. The summed E-state index contributed by atoms with van der Waals surface area (Å²) >= 11 is 5.56. The SMILES string of the molecule is OCC(O)c1cc(Cl)ccc1F. The summed E-state index contributed by atoms with van der Waals surface area (Å²) in [6.45, 7) is -0.517. The largest absolute Gasteiger partial charge is 0.393 e. The first kappa shape index (κ1) is 9.45. The molecule has 0 saturated carbocycles. The maximum Gasteiger partial charge on any atom is 0.129 e. The lowest BCUT2D eigenvalue weighted by molar-refractivity contribution is 0.0926. The molecule has 66 valence electrons. The van der Waals surface area contributed by atoms with Crippen molar-refractivity contribution < 1.29 is 14.6 Å². The molecule has 0 aliphatic rings. The van der Waals surface area contributed by atoms with Crippen molar-refractivity contribution in [3.63, 3.8) is 0 Å². The zero-order valence-corrected chi connectivity index (χ0v) is 6.92. The average molecular weight is 191 g/mol. The summed E-state index contributed by atoms with van der Waals surface area (Å²) in [6.07, 6.45) is -1.20. The van der Waals surface area contributed by atoms with Crippen molar-refractivity contribution >= 4 is 11.6 Å². The first-order valence-electron chi connectivity index (χ1n) is 3.39. The van der Waals surface area contributed by atoms with Gasteiger partial charge in [-0.15, -0.1) is 0 Å². The number of hydrogen-bond donors (Lipinski definition) is 2. The summed E-state index contributed by atoms with van der Waals surface area (Å²) < 4.78 is 12.9. The number of halogens is 2. The number of aliphatic hydroxyl groups is 2. The summed E-state index contributed by atoms with van der Waals surface area (Å²) in [7, 11) is 0. The van der Waals surface area contributed by atoms with Crippen molar-refractivity contribution in [2.45, 2.75) is 6.10 Å². The van der Waals surface area contributed by atoms with Gasteiger partial charge in [0.05, 0.1) is 6.61 Å². The minimum Gasteiger partial charge on any atom is -0.393 e. The Balaban J connectivity index is 3.04. The van der Waals surface area contributed by atoms with Crippen LogP contribution in [0.3, 0.4) is 0 Å². The van der Waals surface area contributed by atoms with Gasteiger partial charge in [0, 0.05) is 10.6 Å². The summed E-state index contributed by atoms with van der Waals surface area (Å²) in [5.74, 6) is -0.569. The Morgan fingerprint density at radius 3 is 2.75 bits per heavy atom. The third-order valence-corrected chi connectivity index (χ3v) is 1.73. The monoisotopic (exact) mass is 190 g/mol. The zero-order valence-electron chi connectivity index (χ0n) is 6.17. The molecule has 0 amide bonds. The van der Waals surface area contributed by atoms with E-state index < -0.39 is 18.5 Å². The van der Waals surface area contributed by atoms with E-state index >= 15 is 0 Å². The van der Waals surface area contributed by atoms with Crippen LogP contribution >= 0.6 is 11.6 Å². The van der Waals surface area contributed by atoms with Gasteiger partial charge in [0.2, 0.25) is 0 Å². The molecule has 0 aromatic heterocycles. The number of benzene rings is 1. The molecule has 0 saturated heterocycles. The number of rotatable bonds is 2. The van der Waals surface area contributed by atoms with Crippen molar-refractivity contribution in [1.29, 1.82) is 0 Å². The number of hydrogen-bond acceptors (Lipinski definition) is 2. The van der Waals surface area contributed by atoms with Crippen molar-refractivity contribution in [3.05, 3.63) is 34.6 Å². The summed E-state index contributed by atoms with van der Waals surface area (Å²) in [4.78, 5) is 0. The van der Waals surface area contributed by atoms with E-state index in [1.54, 1.807) is 0 Å². The maximum absolute atomic E-state index is 12.9. The standard InChI is InChI=1S/C8H8ClFO2/c9-5-1-2-7(10)6(3-5)8(12)4-11/h1-3,8,11-12H,4H2. The van der Waals surface area contributed by atoms with Crippen LogP contribution in [0.2, 0.25) is 5.02 Å². The molecule has 0 heterocycles. The molecule has 0 aliphatic heterocycles. The molecular formula is C8H8ClFO2. The van der Waals surface area contributed by atoms with Crippen LogP contribution in [-0.2, 0) is 0 Å². The fourth-order valence-electron chi connectivity index (χ4n) is 0.868. The lowest BCUT2D eigenvalue weighted by Crippen LogP contribution is -2.04. The van der Waals surface area contributed by atoms with E-state index in [2.05, 4.69) is 0 Å². The van der Waals surface area contributed by atoms with E-state index in [9.17, 15) is 4.39 Å². The predicted octanol–water partition coefficient (Wildman–Crippen LogP) is 1.50. The minimum atomic E-state index is -1.20. The van der Waals surface area contributed by atoms with E-state index in [1.165, 1.54) is 12.1 Å². The second kappa shape index (κ2) is 3.85. The van der Waals surface area contributed by atoms with Crippen LogP contribution in [0.15, 0.2) is 18.2 Å². The maximum atomic E-state index is 12.9. The Morgan fingerprint density at radius 2 is 2.17 bits per heavy atom. The Kier molecular flexibility index (Phi) is 3.03. The number of aliphatic hydroxyl groups excluding tert-OH is 2. The Hall–Kier alpha value is -0.640. The Labute approximate surface area is 74.2 Å². The van der Waals surface area contributed by atoms with Crippen LogP contribution in [0, 0.1) is 5.82 Å². The molecule has 4 heteroatoms. The highest BCUT2D eigenvalue weighted by molar-refractivity contribution is 6.30. The second-order valence-corrected chi connectivity index (χ2v) is 2.80. The Morgan fingerprint density at radius 1 is 1.50 bits per heavy atom. The highest BCUT2D eigenvalue weighted by atomic mass is 35.5. The molecule has 0 aliphatic carbocycles. The van der Waals surface area contributed by atoms with Crippen LogP contribution in [0.1, 0.15) is 11.7 Å². The van der Waals surface area contributed by atoms with Gasteiger partial charge in [0.1, 0.15) is 11.9 Å². The van der Waals surface area contributed by atoms with E-state index in [-0.39, 0.29) is 5.56 Å². The lowest BCUT2D eigenvalue weighted by Gasteiger charge is -2.08. The smallest absolute Gasteiger partial charge is 0.129 e. The van der Waals surface area contributed by atoms with E-state index in [4.69, 9.17) is 21.8 Å². The quantitative estimate of drug-likeness (QED) is 0.742. The van der Waals surface area contributed by atoms with Crippen molar-refractivity contribution in [2.75, 3.05) is 6.61 Å². The van der Waals surface area contributed by atoms with Gasteiger partial charge < -0.3 is 10.2 Å². The molecule has 1 atom stereocenters. The second-order valence-electron chi connectivity index (χ2n) is 2.36. The molecule has 1 rings (SSSR count). The topological polar surface area (TPSA) is 40.5 Å². The van der Waals surface area contributed by atoms with Crippen molar-refractivity contribution in [1.82, 2.24) is 0 Å². The molecule has 1 aromatic rings. The zero-order chi connectivity index (χ0) is 9.14. The van der Waals surface area contributed by atoms with E-state index in [1.807, 2.05) is 0 Å². The molecular weight excluding hydrogens is 183 g/mol. The summed E-state index contributed by atoms with van der Waals surface area (Å²) in [5.41, 5.74) is 0.0185. The normalized spacial score (nSPS) is 13.0.